The molecule has 5 heteroatoms. The van der Waals surface area contributed by atoms with E-state index in [1.165, 1.54) is 0 Å². The fourth-order valence-corrected chi connectivity index (χ4v) is 3.35. The molecule has 1 aliphatic heterocycles. The zero-order valence-electron chi connectivity index (χ0n) is 13.0. The van der Waals surface area contributed by atoms with Gasteiger partial charge in [-0.3, -0.25) is 4.79 Å². The lowest BCUT2D eigenvalue weighted by Gasteiger charge is -2.16. The third-order valence-electron chi connectivity index (χ3n) is 4.92. The van der Waals surface area contributed by atoms with Crippen molar-refractivity contribution in [1.29, 1.82) is 0 Å². The number of carbonyl (C=O) groups excluding carboxylic acids is 1. The molecule has 1 aliphatic carbocycles. The number of carbonyl (C=O) groups is 1. The van der Waals surface area contributed by atoms with Gasteiger partial charge in [0, 0.05) is 22.8 Å². The molecule has 3 aromatic rings. The third-order valence-corrected chi connectivity index (χ3v) is 4.92. The van der Waals surface area contributed by atoms with Gasteiger partial charge in [-0.25, -0.2) is 0 Å². The number of ether oxygens (including phenoxy) is 2. The standard InChI is InChI=1S/C19H16N2O3/c22-18(21-14-2-3-15-12(9-14)5-8-20-15)19(6-7-19)13-1-4-16-17(10-13)24-11-23-16/h1-5,8-10,20H,6-7,11H2,(H,21,22). The maximum Gasteiger partial charge on any atom is 0.235 e. The normalized spacial score (nSPS) is 17.0. The highest BCUT2D eigenvalue weighted by molar-refractivity contribution is 6.02. The summed E-state index contributed by atoms with van der Waals surface area (Å²) in [5, 5.41) is 4.15. The van der Waals surface area contributed by atoms with Crippen molar-refractivity contribution in [2.75, 3.05) is 12.1 Å². The van der Waals surface area contributed by atoms with Crippen molar-refractivity contribution in [3.63, 3.8) is 0 Å². The van der Waals surface area contributed by atoms with Crippen LogP contribution in [0, 0.1) is 0 Å². The lowest BCUT2D eigenvalue weighted by Crippen LogP contribution is -2.27. The first kappa shape index (κ1) is 13.5. The molecule has 120 valence electrons. The molecular weight excluding hydrogens is 304 g/mol. The Morgan fingerprint density at radius 2 is 1.92 bits per heavy atom. The van der Waals surface area contributed by atoms with Crippen LogP contribution in [0.25, 0.3) is 10.9 Å². The van der Waals surface area contributed by atoms with Crippen LogP contribution in [-0.4, -0.2) is 17.7 Å². The number of benzene rings is 2. The van der Waals surface area contributed by atoms with E-state index < -0.39 is 5.41 Å². The minimum absolute atomic E-state index is 0.0382. The summed E-state index contributed by atoms with van der Waals surface area (Å²) in [4.78, 5) is 16.0. The molecule has 2 heterocycles. The lowest BCUT2D eigenvalue weighted by atomic mass is 9.94. The summed E-state index contributed by atoms with van der Waals surface area (Å²) >= 11 is 0. The number of hydrogen-bond acceptors (Lipinski definition) is 3. The molecule has 2 aromatic carbocycles. The number of fused-ring (bicyclic) bond motifs is 2. The molecule has 1 saturated carbocycles. The van der Waals surface area contributed by atoms with Crippen LogP contribution in [0.1, 0.15) is 18.4 Å². The van der Waals surface area contributed by atoms with Crippen molar-refractivity contribution >= 4 is 22.5 Å². The van der Waals surface area contributed by atoms with Gasteiger partial charge in [0.05, 0.1) is 5.41 Å². The predicted molar refractivity (Wildman–Crippen MR) is 90.4 cm³/mol. The highest BCUT2D eigenvalue weighted by Crippen LogP contribution is 2.51. The second kappa shape index (κ2) is 4.77. The second-order valence-corrected chi connectivity index (χ2v) is 6.38. The van der Waals surface area contributed by atoms with Crippen LogP contribution in [-0.2, 0) is 10.2 Å². The Morgan fingerprint density at radius 1 is 1.04 bits per heavy atom. The Hall–Kier alpha value is -2.95. The maximum atomic E-state index is 12.9. The number of amides is 1. The van der Waals surface area contributed by atoms with Gasteiger partial charge in [-0.1, -0.05) is 6.07 Å². The smallest absolute Gasteiger partial charge is 0.235 e. The minimum atomic E-state index is -0.450. The summed E-state index contributed by atoms with van der Waals surface area (Å²) in [6.45, 7) is 0.245. The SMILES string of the molecule is O=C(Nc1ccc2[nH]ccc2c1)C1(c2ccc3c(c2)OCO3)CC1. The lowest BCUT2D eigenvalue weighted by molar-refractivity contribution is -0.118. The zero-order valence-corrected chi connectivity index (χ0v) is 13.0. The Balaban J connectivity index is 1.43. The van der Waals surface area contributed by atoms with Gasteiger partial charge in [0.25, 0.3) is 0 Å². The van der Waals surface area contributed by atoms with E-state index in [1.807, 2.05) is 48.7 Å². The van der Waals surface area contributed by atoms with E-state index in [9.17, 15) is 4.79 Å². The Bertz CT molecular complexity index is 956. The molecule has 0 saturated heterocycles. The molecule has 2 aliphatic rings. The summed E-state index contributed by atoms with van der Waals surface area (Å²) in [5.74, 6) is 1.50. The Morgan fingerprint density at radius 3 is 2.79 bits per heavy atom. The van der Waals surface area contributed by atoms with Crippen LogP contribution in [0.4, 0.5) is 5.69 Å². The molecule has 1 amide bonds. The predicted octanol–water partition coefficient (Wildman–Crippen LogP) is 3.57. The molecular formula is C19H16N2O3. The van der Waals surface area contributed by atoms with Crippen LogP contribution in [0.5, 0.6) is 11.5 Å². The first-order valence-electron chi connectivity index (χ1n) is 8.03. The molecule has 2 N–H and O–H groups in total. The van der Waals surface area contributed by atoms with E-state index in [2.05, 4.69) is 10.3 Å². The molecule has 0 atom stereocenters. The molecule has 5 rings (SSSR count). The first-order valence-corrected chi connectivity index (χ1v) is 8.03. The largest absolute Gasteiger partial charge is 0.454 e. The number of rotatable bonds is 3. The number of aromatic amines is 1. The Kier molecular flexibility index (Phi) is 2.68. The molecule has 24 heavy (non-hydrogen) atoms. The van der Waals surface area contributed by atoms with E-state index in [4.69, 9.17) is 9.47 Å². The molecule has 1 aromatic heterocycles. The van der Waals surface area contributed by atoms with Gasteiger partial charge < -0.3 is 19.8 Å². The van der Waals surface area contributed by atoms with Crippen LogP contribution >= 0.6 is 0 Å². The van der Waals surface area contributed by atoms with Gasteiger partial charge in [0.1, 0.15) is 0 Å². The van der Waals surface area contributed by atoms with Gasteiger partial charge in [-0.2, -0.15) is 0 Å². The van der Waals surface area contributed by atoms with Crippen molar-refractivity contribution in [1.82, 2.24) is 4.98 Å². The average molecular weight is 320 g/mol. The highest BCUT2D eigenvalue weighted by atomic mass is 16.7. The van der Waals surface area contributed by atoms with E-state index in [0.717, 1.165) is 46.5 Å². The van der Waals surface area contributed by atoms with Crippen LogP contribution in [0.3, 0.4) is 0 Å². The minimum Gasteiger partial charge on any atom is -0.454 e. The maximum absolute atomic E-state index is 12.9. The van der Waals surface area contributed by atoms with Crippen molar-refractivity contribution in [3.8, 4) is 11.5 Å². The topological polar surface area (TPSA) is 63.4 Å². The fraction of sp³-hybridized carbons (Fsp3) is 0.211. The summed E-state index contributed by atoms with van der Waals surface area (Å²) in [6, 6.07) is 13.7. The van der Waals surface area contributed by atoms with Crippen LogP contribution < -0.4 is 14.8 Å². The third kappa shape index (κ3) is 1.98. The zero-order chi connectivity index (χ0) is 16.1. The number of hydrogen-bond donors (Lipinski definition) is 2. The van der Waals surface area contributed by atoms with Gasteiger partial charge in [0.15, 0.2) is 11.5 Å². The molecule has 5 nitrogen and oxygen atoms in total. The summed E-state index contributed by atoms with van der Waals surface area (Å²) in [5.41, 5.74) is 2.42. The van der Waals surface area contributed by atoms with Crippen molar-refractivity contribution in [2.45, 2.75) is 18.3 Å². The number of H-pyrrole nitrogens is 1. The van der Waals surface area contributed by atoms with Crippen molar-refractivity contribution < 1.29 is 14.3 Å². The first-order chi connectivity index (χ1) is 11.7. The molecule has 0 radical (unpaired) electrons. The monoisotopic (exact) mass is 320 g/mol. The fourth-order valence-electron chi connectivity index (χ4n) is 3.35. The van der Waals surface area contributed by atoms with Crippen molar-refractivity contribution in [3.05, 3.63) is 54.2 Å². The number of nitrogens with one attached hydrogen (secondary N) is 2. The van der Waals surface area contributed by atoms with Crippen LogP contribution in [0.2, 0.25) is 0 Å². The Labute approximate surface area is 138 Å². The van der Waals surface area contributed by atoms with E-state index in [1.54, 1.807) is 0 Å². The van der Waals surface area contributed by atoms with Crippen LogP contribution in [0.15, 0.2) is 48.7 Å². The molecule has 0 bridgehead atoms. The summed E-state index contributed by atoms with van der Waals surface area (Å²) in [7, 11) is 0. The molecule has 1 fully saturated rings. The summed E-state index contributed by atoms with van der Waals surface area (Å²) in [6.07, 6.45) is 3.60. The number of aromatic nitrogens is 1. The molecule has 0 spiro atoms. The van der Waals surface area contributed by atoms with Gasteiger partial charge >= 0.3 is 0 Å². The van der Waals surface area contributed by atoms with Gasteiger partial charge in [0.2, 0.25) is 12.7 Å². The average Bonchev–Trinajstić information content (AvgIpc) is 3.05. The second-order valence-electron chi connectivity index (χ2n) is 6.38. The molecule has 0 unspecified atom stereocenters. The highest BCUT2D eigenvalue weighted by Gasteiger charge is 2.51. The van der Waals surface area contributed by atoms with E-state index in [-0.39, 0.29) is 12.7 Å². The van der Waals surface area contributed by atoms with E-state index in [0.29, 0.717) is 0 Å². The van der Waals surface area contributed by atoms with Gasteiger partial charge in [-0.05, 0) is 54.8 Å². The number of anilines is 1. The summed E-state index contributed by atoms with van der Waals surface area (Å²) < 4.78 is 10.8. The van der Waals surface area contributed by atoms with Gasteiger partial charge in [-0.15, -0.1) is 0 Å². The van der Waals surface area contributed by atoms with Crippen molar-refractivity contribution in [2.24, 2.45) is 0 Å². The van der Waals surface area contributed by atoms with E-state index >= 15 is 0 Å². The quantitative estimate of drug-likeness (QED) is 0.775.